The van der Waals surface area contributed by atoms with Crippen LogP contribution in [-0.2, 0) is 5.41 Å². The SMILES string of the molecule is CCC1(c2c(N)n[nH]c2N)CCCCC1. The van der Waals surface area contributed by atoms with Gasteiger partial charge >= 0.3 is 0 Å². The number of hydrogen-bond acceptors (Lipinski definition) is 3. The molecule has 1 aliphatic rings. The summed E-state index contributed by atoms with van der Waals surface area (Å²) in [4.78, 5) is 0. The van der Waals surface area contributed by atoms with Gasteiger partial charge in [-0.3, -0.25) is 5.10 Å². The van der Waals surface area contributed by atoms with Crippen molar-refractivity contribution in [1.82, 2.24) is 10.2 Å². The minimum atomic E-state index is 0.180. The van der Waals surface area contributed by atoms with Gasteiger partial charge in [-0.25, -0.2) is 0 Å². The highest BCUT2D eigenvalue weighted by atomic mass is 15.2. The Morgan fingerprint density at radius 2 is 1.93 bits per heavy atom. The van der Waals surface area contributed by atoms with Crippen molar-refractivity contribution in [2.24, 2.45) is 0 Å². The van der Waals surface area contributed by atoms with Crippen LogP contribution < -0.4 is 11.5 Å². The largest absolute Gasteiger partial charge is 0.384 e. The first kappa shape index (κ1) is 10.3. The molecule has 5 N–H and O–H groups in total. The summed E-state index contributed by atoms with van der Waals surface area (Å²) in [5, 5.41) is 6.81. The fraction of sp³-hybridized carbons (Fsp3) is 0.727. The summed E-state index contributed by atoms with van der Waals surface area (Å²) in [6.45, 7) is 2.22. The molecule has 1 aromatic rings. The molecule has 1 fully saturated rings. The Morgan fingerprint density at radius 1 is 1.27 bits per heavy atom. The summed E-state index contributed by atoms with van der Waals surface area (Å²) < 4.78 is 0. The highest BCUT2D eigenvalue weighted by molar-refractivity contribution is 5.57. The summed E-state index contributed by atoms with van der Waals surface area (Å²) in [6, 6.07) is 0. The topological polar surface area (TPSA) is 80.7 Å². The van der Waals surface area contributed by atoms with E-state index < -0.39 is 0 Å². The molecule has 1 heterocycles. The lowest BCUT2D eigenvalue weighted by Crippen LogP contribution is -2.29. The molecule has 0 amide bonds. The minimum absolute atomic E-state index is 0.180. The molecule has 1 aliphatic carbocycles. The maximum absolute atomic E-state index is 5.93. The second-order valence-electron chi connectivity index (χ2n) is 4.59. The van der Waals surface area contributed by atoms with Crippen molar-refractivity contribution in [2.45, 2.75) is 50.9 Å². The summed E-state index contributed by atoms with van der Waals surface area (Å²) in [7, 11) is 0. The molecule has 0 radical (unpaired) electrons. The van der Waals surface area contributed by atoms with Crippen LogP contribution >= 0.6 is 0 Å². The quantitative estimate of drug-likeness (QED) is 0.696. The molecule has 84 valence electrons. The summed E-state index contributed by atoms with van der Waals surface area (Å²) in [5.41, 5.74) is 13.1. The van der Waals surface area contributed by atoms with Gasteiger partial charge in [0.2, 0.25) is 0 Å². The molecule has 0 saturated heterocycles. The monoisotopic (exact) mass is 208 g/mol. The number of hydrogen-bond donors (Lipinski definition) is 3. The number of nitrogen functional groups attached to an aromatic ring is 2. The minimum Gasteiger partial charge on any atom is -0.384 e. The predicted molar refractivity (Wildman–Crippen MR) is 62.5 cm³/mol. The molecule has 4 heteroatoms. The van der Waals surface area contributed by atoms with E-state index in [1.54, 1.807) is 0 Å². The number of nitrogens with one attached hydrogen (secondary N) is 1. The van der Waals surface area contributed by atoms with Crippen molar-refractivity contribution in [3.63, 3.8) is 0 Å². The molecular formula is C11H20N4. The van der Waals surface area contributed by atoms with Crippen LogP contribution in [0.5, 0.6) is 0 Å². The third-order valence-corrected chi connectivity index (χ3v) is 3.84. The fourth-order valence-corrected chi connectivity index (χ4v) is 2.94. The third kappa shape index (κ3) is 1.58. The van der Waals surface area contributed by atoms with Crippen LogP contribution in [0.25, 0.3) is 0 Å². The van der Waals surface area contributed by atoms with Crippen molar-refractivity contribution >= 4 is 11.6 Å². The molecule has 0 bridgehead atoms. The summed E-state index contributed by atoms with van der Waals surface area (Å²) in [5.74, 6) is 1.26. The molecule has 0 aromatic carbocycles. The Hall–Kier alpha value is -1.19. The average molecular weight is 208 g/mol. The zero-order valence-electron chi connectivity index (χ0n) is 9.34. The average Bonchev–Trinajstić information content (AvgIpc) is 2.60. The van der Waals surface area contributed by atoms with E-state index in [0.29, 0.717) is 11.6 Å². The van der Waals surface area contributed by atoms with Gasteiger partial charge in [-0.05, 0) is 19.3 Å². The van der Waals surface area contributed by atoms with E-state index in [2.05, 4.69) is 17.1 Å². The van der Waals surface area contributed by atoms with Gasteiger partial charge in [0.05, 0.1) is 0 Å². The van der Waals surface area contributed by atoms with E-state index in [0.717, 1.165) is 12.0 Å². The molecule has 0 atom stereocenters. The molecule has 1 aromatic heterocycles. The number of nitrogens with two attached hydrogens (primary N) is 2. The number of anilines is 2. The smallest absolute Gasteiger partial charge is 0.151 e. The Kier molecular flexibility index (Phi) is 2.59. The van der Waals surface area contributed by atoms with Crippen LogP contribution in [0.1, 0.15) is 51.0 Å². The first-order valence-electron chi connectivity index (χ1n) is 5.79. The predicted octanol–water partition coefficient (Wildman–Crippen LogP) is 2.19. The van der Waals surface area contributed by atoms with Crippen LogP contribution in [0.2, 0.25) is 0 Å². The zero-order chi connectivity index (χ0) is 10.9. The third-order valence-electron chi connectivity index (χ3n) is 3.84. The first-order valence-corrected chi connectivity index (χ1v) is 5.79. The molecular weight excluding hydrogens is 188 g/mol. The number of aromatic amines is 1. The van der Waals surface area contributed by atoms with Gasteiger partial charge in [0, 0.05) is 11.0 Å². The number of rotatable bonds is 2. The Labute approximate surface area is 90.4 Å². The maximum Gasteiger partial charge on any atom is 0.151 e. The Balaban J connectivity index is 2.40. The van der Waals surface area contributed by atoms with Gasteiger partial charge in [0.1, 0.15) is 5.82 Å². The normalized spacial score (nSPS) is 20.3. The lowest BCUT2D eigenvalue weighted by atomic mass is 9.68. The van der Waals surface area contributed by atoms with E-state index in [4.69, 9.17) is 11.5 Å². The van der Waals surface area contributed by atoms with Crippen molar-refractivity contribution in [2.75, 3.05) is 11.5 Å². The highest BCUT2D eigenvalue weighted by Gasteiger charge is 2.36. The lowest BCUT2D eigenvalue weighted by Gasteiger charge is -2.36. The van der Waals surface area contributed by atoms with Gasteiger partial charge in [-0.1, -0.05) is 26.2 Å². The van der Waals surface area contributed by atoms with Crippen LogP contribution in [0, 0.1) is 0 Å². The van der Waals surface area contributed by atoms with Crippen molar-refractivity contribution < 1.29 is 0 Å². The fourth-order valence-electron chi connectivity index (χ4n) is 2.94. The Bertz CT molecular complexity index is 317. The summed E-state index contributed by atoms with van der Waals surface area (Å²) in [6.07, 6.45) is 7.37. The Morgan fingerprint density at radius 3 is 2.40 bits per heavy atom. The van der Waals surface area contributed by atoms with E-state index >= 15 is 0 Å². The lowest BCUT2D eigenvalue weighted by molar-refractivity contribution is 0.285. The second kappa shape index (κ2) is 3.76. The first-order chi connectivity index (χ1) is 7.19. The van der Waals surface area contributed by atoms with Gasteiger partial charge < -0.3 is 11.5 Å². The van der Waals surface area contributed by atoms with Gasteiger partial charge in [-0.15, -0.1) is 0 Å². The van der Waals surface area contributed by atoms with Crippen LogP contribution in [0.4, 0.5) is 11.6 Å². The van der Waals surface area contributed by atoms with E-state index in [1.165, 1.54) is 32.1 Å². The standard InChI is InChI=1S/C11H20N4/c1-2-11(6-4-3-5-7-11)8-9(12)14-15-10(8)13/h2-7H2,1H3,(H5,12,13,14,15). The van der Waals surface area contributed by atoms with Crippen LogP contribution in [0.3, 0.4) is 0 Å². The van der Waals surface area contributed by atoms with E-state index in [9.17, 15) is 0 Å². The number of aromatic nitrogens is 2. The van der Waals surface area contributed by atoms with E-state index in [-0.39, 0.29) is 5.41 Å². The molecule has 0 unspecified atom stereocenters. The number of H-pyrrole nitrogens is 1. The van der Waals surface area contributed by atoms with Crippen LogP contribution in [0.15, 0.2) is 0 Å². The molecule has 15 heavy (non-hydrogen) atoms. The molecule has 0 aliphatic heterocycles. The zero-order valence-corrected chi connectivity index (χ0v) is 9.34. The van der Waals surface area contributed by atoms with E-state index in [1.807, 2.05) is 0 Å². The summed E-state index contributed by atoms with van der Waals surface area (Å²) >= 11 is 0. The van der Waals surface area contributed by atoms with Gasteiger partial charge in [-0.2, -0.15) is 5.10 Å². The maximum atomic E-state index is 5.93. The van der Waals surface area contributed by atoms with Crippen molar-refractivity contribution in [1.29, 1.82) is 0 Å². The second-order valence-corrected chi connectivity index (χ2v) is 4.59. The number of nitrogens with zero attached hydrogens (tertiary/aromatic N) is 1. The highest BCUT2D eigenvalue weighted by Crippen LogP contribution is 2.45. The van der Waals surface area contributed by atoms with Crippen molar-refractivity contribution in [3.05, 3.63) is 5.56 Å². The molecule has 2 rings (SSSR count). The van der Waals surface area contributed by atoms with Crippen LogP contribution in [-0.4, -0.2) is 10.2 Å². The van der Waals surface area contributed by atoms with Crippen molar-refractivity contribution in [3.8, 4) is 0 Å². The molecule has 1 saturated carbocycles. The molecule has 0 spiro atoms. The van der Waals surface area contributed by atoms with Gasteiger partial charge in [0.25, 0.3) is 0 Å². The molecule has 4 nitrogen and oxygen atoms in total. The van der Waals surface area contributed by atoms with Gasteiger partial charge in [0.15, 0.2) is 5.82 Å².